The van der Waals surface area contributed by atoms with E-state index >= 15 is 0 Å². The predicted molar refractivity (Wildman–Crippen MR) is 36.3 cm³/mol. The first kappa shape index (κ1) is 5.72. The first-order chi connectivity index (χ1) is 4.47. The number of hydrogen-bond acceptors (Lipinski definition) is 1. The van der Waals surface area contributed by atoms with Gasteiger partial charge in [-0.25, -0.2) is 0 Å². The van der Waals surface area contributed by atoms with Crippen LogP contribution in [0.2, 0.25) is 0 Å². The first-order valence-corrected chi connectivity index (χ1v) is 4.04. The maximum atomic E-state index is 5.38. The zero-order valence-corrected chi connectivity index (χ0v) is 5.81. The second-order valence-electron chi connectivity index (χ2n) is 3.31. The van der Waals surface area contributed by atoms with Gasteiger partial charge in [0.25, 0.3) is 0 Å². The molecule has 1 saturated carbocycles. The van der Waals surface area contributed by atoms with Crippen LogP contribution >= 0.6 is 0 Å². The lowest BCUT2D eigenvalue weighted by Crippen LogP contribution is -2.22. The SMILES string of the molecule is C1CC2CCOCC2C1. The monoisotopic (exact) mass is 126 g/mol. The fourth-order valence-electron chi connectivity index (χ4n) is 2.18. The molecule has 0 radical (unpaired) electrons. The molecule has 0 aromatic rings. The molecule has 2 rings (SSSR count). The van der Waals surface area contributed by atoms with Crippen LogP contribution in [0.4, 0.5) is 0 Å². The molecule has 2 unspecified atom stereocenters. The minimum absolute atomic E-state index is 0.943. The zero-order chi connectivity index (χ0) is 6.10. The fraction of sp³-hybridized carbons (Fsp3) is 1.00. The number of hydrogen-bond donors (Lipinski definition) is 0. The number of rotatable bonds is 0. The summed E-state index contributed by atoms with van der Waals surface area (Å²) < 4.78 is 5.38. The fourth-order valence-corrected chi connectivity index (χ4v) is 2.18. The van der Waals surface area contributed by atoms with Gasteiger partial charge < -0.3 is 4.74 Å². The molecule has 0 amide bonds. The molecule has 52 valence electrons. The van der Waals surface area contributed by atoms with Crippen molar-refractivity contribution in [2.75, 3.05) is 13.2 Å². The second-order valence-corrected chi connectivity index (χ2v) is 3.31. The van der Waals surface area contributed by atoms with Crippen molar-refractivity contribution >= 4 is 0 Å². The Bertz CT molecular complexity index is 88.7. The minimum atomic E-state index is 0.943. The maximum absolute atomic E-state index is 5.38. The largest absolute Gasteiger partial charge is 0.381 e. The van der Waals surface area contributed by atoms with Gasteiger partial charge in [-0.3, -0.25) is 0 Å². The van der Waals surface area contributed by atoms with Crippen LogP contribution in [0.5, 0.6) is 0 Å². The van der Waals surface area contributed by atoms with Crippen LogP contribution in [0.15, 0.2) is 0 Å². The van der Waals surface area contributed by atoms with Gasteiger partial charge in [0.2, 0.25) is 0 Å². The van der Waals surface area contributed by atoms with E-state index in [-0.39, 0.29) is 0 Å². The van der Waals surface area contributed by atoms with Crippen molar-refractivity contribution in [1.82, 2.24) is 0 Å². The molecule has 0 bridgehead atoms. The third-order valence-corrected chi connectivity index (χ3v) is 2.78. The van der Waals surface area contributed by atoms with E-state index < -0.39 is 0 Å². The lowest BCUT2D eigenvalue weighted by atomic mass is 9.92. The van der Waals surface area contributed by atoms with E-state index in [1.807, 2.05) is 0 Å². The summed E-state index contributed by atoms with van der Waals surface area (Å²) in [6.07, 6.45) is 5.71. The Morgan fingerprint density at radius 2 is 1.89 bits per heavy atom. The van der Waals surface area contributed by atoms with Crippen molar-refractivity contribution in [1.29, 1.82) is 0 Å². The molecule has 1 aliphatic carbocycles. The summed E-state index contributed by atoms with van der Waals surface area (Å²) in [7, 11) is 0. The Hall–Kier alpha value is -0.0400. The highest BCUT2D eigenvalue weighted by atomic mass is 16.5. The zero-order valence-electron chi connectivity index (χ0n) is 5.81. The molecular formula is C8H14O. The quantitative estimate of drug-likeness (QED) is 0.481. The van der Waals surface area contributed by atoms with Crippen LogP contribution in [-0.2, 0) is 4.74 Å². The molecule has 2 atom stereocenters. The van der Waals surface area contributed by atoms with E-state index in [4.69, 9.17) is 4.74 Å². The van der Waals surface area contributed by atoms with Crippen LogP contribution in [0, 0.1) is 11.8 Å². The number of fused-ring (bicyclic) bond motifs is 1. The van der Waals surface area contributed by atoms with Crippen LogP contribution in [0.3, 0.4) is 0 Å². The topological polar surface area (TPSA) is 9.23 Å². The summed E-state index contributed by atoms with van der Waals surface area (Å²) >= 11 is 0. The molecule has 9 heavy (non-hydrogen) atoms. The average Bonchev–Trinajstić information content (AvgIpc) is 2.33. The van der Waals surface area contributed by atoms with Gasteiger partial charge in [0, 0.05) is 13.2 Å². The molecule has 1 saturated heterocycles. The van der Waals surface area contributed by atoms with Gasteiger partial charge in [0.1, 0.15) is 0 Å². The van der Waals surface area contributed by atoms with Crippen molar-refractivity contribution in [3.05, 3.63) is 0 Å². The number of ether oxygens (including phenoxy) is 1. The third-order valence-electron chi connectivity index (χ3n) is 2.78. The van der Waals surface area contributed by atoms with Crippen molar-refractivity contribution < 1.29 is 4.74 Å². The molecular weight excluding hydrogens is 112 g/mol. The van der Waals surface area contributed by atoms with Crippen LogP contribution in [0.25, 0.3) is 0 Å². The predicted octanol–water partition coefficient (Wildman–Crippen LogP) is 1.82. The van der Waals surface area contributed by atoms with Gasteiger partial charge in [-0.1, -0.05) is 12.8 Å². The van der Waals surface area contributed by atoms with E-state index in [1.54, 1.807) is 0 Å². The minimum Gasteiger partial charge on any atom is -0.381 e. The normalized spacial score (nSPS) is 42.7. The Morgan fingerprint density at radius 1 is 1.00 bits per heavy atom. The summed E-state index contributed by atoms with van der Waals surface area (Å²) in [5, 5.41) is 0. The lowest BCUT2D eigenvalue weighted by molar-refractivity contribution is 0.0301. The molecule has 1 heterocycles. The van der Waals surface area contributed by atoms with Gasteiger partial charge in [-0.15, -0.1) is 0 Å². The van der Waals surface area contributed by atoms with Crippen LogP contribution in [0.1, 0.15) is 25.7 Å². The molecule has 1 aliphatic heterocycles. The third kappa shape index (κ3) is 0.983. The van der Waals surface area contributed by atoms with Crippen molar-refractivity contribution in [3.8, 4) is 0 Å². The molecule has 2 aliphatic rings. The Balaban J connectivity index is 1.97. The van der Waals surface area contributed by atoms with E-state index in [0.29, 0.717) is 0 Å². The van der Waals surface area contributed by atoms with E-state index in [2.05, 4.69) is 0 Å². The lowest BCUT2D eigenvalue weighted by Gasteiger charge is -2.24. The van der Waals surface area contributed by atoms with Crippen LogP contribution in [-0.4, -0.2) is 13.2 Å². The summed E-state index contributed by atoms with van der Waals surface area (Å²) in [4.78, 5) is 0. The summed E-state index contributed by atoms with van der Waals surface area (Å²) in [5.41, 5.74) is 0. The molecule has 0 aromatic heterocycles. The maximum Gasteiger partial charge on any atom is 0.0496 e. The molecule has 0 aromatic carbocycles. The highest BCUT2D eigenvalue weighted by molar-refractivity contribution is 4.79. The van der Waals surface area contributed by atoms with Gasteiger partial charge in [0.05, 0.1) is 0 Å². The highest BCUT2D eigenvalue weighted by Gasteiger charge is 2.29. The molecule has 1 heteroatoms. The molecule has 0 spiro atoms. The summed E-state index contributed by atoms with van der Waals surface area (Å²) in [6, 6.07) is 0. The second kappa shape index (κ2) is 2.30. The Morgan fingerprint density at radius 3 is 2.78 bits per heavy atom. The summed E-state index contributed by atoms with van der Waals surface area (Å²) in [5.74, 6) is 1.98. The smallest absolute Gasteiger partial charge is 0.0496 e. The van der Waals surface area contributed by atoms with Crippen molar-refractivity contribution in [3.63, 3.8) is 0 Å². The van der Waals surface area contributed by atoms with Crippen molar-refractivity contribution in [2.45, 2.75) is 25.7 Å². The van der Waals surface area contributed by atoms with E-state index in [1.165, 1.54) is 25.7 Å². The standard InChI is InChI=1S/C8H14O/c1-2-7-4-5-9-6-8(7)3-1/h7-8H,1-6H2. The van der Waals surface area contributed by atoms with E-state index in [9.17, 15) is 0 Å². The van der Waals surface area contributed by atoms with Gasteiger partial charge >= 0.3 is 0 Å². The van der Waals surface area contributed by atoms with Gasteiger partial charge in [0.15, 0.2) is 0 Å². The average molecular weight is 126 g/mol. The molecule has 0 N–H and O–H groups in total. The first-order valence-electron chi connectivity index (χ1n) is 4.04. The highest BCUT2D eigenvalue weighted by Crippen LogP contribution is 2.36. The summed E-state index contributed by atoms with van der Waals surface area (Å²) in [6.45, 7) is 2.09. The molecule has 2 fully saturated rings. The van der Waals surface area contributed by atoms with Crippen LogP contribution < -0.4 is 0 Å². The van der Waals surface area contributed by atoms with Crippen molar-refractivity contribution in [2.24, 2.45) is 11.8 Å². The van der Waals surface area contributed by atoms with Gasteiger partial charge in [-0.2, -0.15) is 0 Å². The van der Waals surface area contributed by atoms with E-state index in [0.717, 1.165) is 25.0 Å². The Labute approximate surface area is 56.4 Å². The Kier molecular flexibility index (Phi) is 1.46. The van der Waals surface area contributed by atoms with Gasteiger partial charge in [-0.05, 0) is 24.7 Å². The molecule has 1 nitrogen and oxygen atoms in total.